The summed E-state index contributed by atoms with van der Waals surface area (Å²) < 4.78 is 41.7. The van der Waals surface area contributed by atoms with E-state index in [0.29, 0.717) is 27.9 Å². The number of fused-ring (bicyclic) bond motifs is 1. The van der Waals surface area contributed by atoms with E-state index in [2.05, 4.69) is 20.3 Å². The maximum atomic E-state index is 13.0. The quantitative estimate of drug-likeness (QED) is 0.0980. The summed E-state index contributed by atoms with van der Waals surface area (Å²) >= 11 is 6.00. The fourth-order valence-electron chi connectivity index (χ4n) is 5.04. The van der Waals surface area contributed by atoms with Crippen molar-refractivity contribution >= 4 is 55.5 Å². The second kappa shape index (κ2) is 15.3. The summed E-state index contributed by atoms with van der Waals surface area (Å²) in [5, 5.41) is 12.7. The molecule has 1 amide bonds. The first-order chi connectivity index (χ1) is 23.0. The maximum absolute atomic E-state index is 13.0. The van der Waals surface area contributed by atoms with Gasteiger partial charge in [0.15, 0.2) is 6.73 Å². The van der Waals surface area contributed by atoms with E-state index >= 15 is 0 Å². The van der Waals surface area contributed by atoms with Gasteiger partial charge in [-0.1, -0.05) is 11.6 Å². The Balaban J connectivity index is 1.16. The summed E-state index contributed by atoms with van der Waals surface area (Å²) in [5.74, 6) is 1.09. The number of methoxy groups -OCH3 is 1. The Morgan fingerprint density at radius 2 is 1.50 bits per heavy atom. The first-order valence-corrected chi connectivity index (χ1v) is 17.0. The van der Waals surface area contributed by atoms with Crippen LogP contribution < -0.4 is 24.4 Å². The Bertz CT molecular complexity index is 2010. The fraction of sp³-hybridized carbons (Fsp3) is 0.229. The van der Waals surface area contributed by atoms with Crippen LogP contribution in [0.5, 0.6) is 11.5 Å². The first kappa shape index (κ1) is 34.4. The van der Waals surface area contributed by atoms with Crippen LogP contribution in [0.3, 0.4) is 0 Å². The second-order valence-electron chi connectivity index (χ2n) is 11.1. The molecular weight excluding hydrogens is 652 g/mol. The van der Waals surface area contributed by atoms with Crippen LogP contribution in [0.25, 0.3) is 10.9 Å². The van der Waals surface area contributed by atoms with Gasteiger partial charge in [-0.15, -0.1) is 0 Å². The lowest BCUT2D eigenvalue weighted by Gasteiger charge is -2.11. The number of sulfonamides is 1. The number of nitrogens with one attached hydrogen (secondary N) is 2. The molecule has 250 valence electrons. The fourth-order valence-corrected chi connectivity index (χ4v) is 6.19. The lowest BCUT2D eigenvalue weighted by atomic mass is 10.1. The van der Waals surface area contributed by atoms with Gasteiger partial charge in [0.1, 0.15) is 11.5 Å². The number of halogens is 1. The molecule has 13 heteroatoms. The molecule has 0 aliphatic heterocycles. The van der Waals surface area contributed by atoms with Crippen LogP contribution >= 0.6 is 11.6 Å². The molecule has 11 nitrogen and oxygen atoms in total. The number of rotatable bonds is 14. The lowest BCUT2D eigenvalue weighted by Crippen LogP contribution is -2.35. The van der Waals surface area contributed by atoms with Crippen molar-refractivity contribution in [3.8, 4) is 11.5 Å². The highest BCUT2D eigenvalue weighted by atomic mass is 35.5. The molecule has 0 spiro atoms. The van der Waals surface area contributed by atoms with Crippen LogP contribution in [0.1, 0.15) is 11.3 Å². The van der Waals surface area contributed by atoms with Crippen molar-refractivity contribution in [2.45, 2.75) is 25.0 Å². The van der Waals surface area contributed by atoms with Crippen LogP contribution in [0.15, 0.2) is 106 Å². The molecule has 1 heterocycles. The minimum absolute atomic E-state index is 0.0158. The smallest absolute Gasteiger partial charge is 0.240 e. The van der Waals surface area contributed by atoms with E-state index in [-0.39, 0.29) is 37.0 Å². The predicted molar refractivity (Wildman–Crippen MR) is 189 cm³/mol. The largest absolute Gasteiger partial charge is 0.497 e. The van der Waals surface area contributed by atoms with E-state index in [4.69, 9.17) is 21.1 Å². The molecule has 0 bridgehead atoms. The second-order valence-corrected chi connectivity index (χ2v) is 13.3. The van der Waals surface area contributed by atoms with Crippen LogP contribution in [0, 0.1) is 6.92 Å². The number of aromatic nitrogens is 1. The van der Waals surface area contributed by atoms with E-state index in [1.807, 2.05) is 73.0 Å². The molecule has 0 atom stereocenters. The molecule has 5 aromatic rings. The summed E-state index contributed by atoms with van der Waals surface area (Å²) in [4.78, 5) is 15.1. The molecule has 2 N–H and O–H groups in total. The zero-order valence-corrected chi connectivity index (χ0v) is 28.7. The average molecular weight is 689 g/mol. The Hall–Kier alpha value is -4.91. The highest BCUT2D eigenvalue weighted by Crippen LogP contribution is 2.30. The number of carbonyl (C=O) groups excluding carboxylic acids is 1. The Morgan fingerprint density at radius 3 is 2.12 bits per heavy atom. The minimum Gasteiger partial charge on any atom is -0.497 e. The van der Waals surface area contributed by atoms with Gasteiger partial charge in [-0.3, -0.25) is 4.79 Å². The topological polar surface area (TPSA) is 127 Å². The van der Waals surface area contributed by atoms with E-state index in [1.165, 1.54) is 12.1 Å². The van der Waals surface area contributed by atoms with Gasteiger partial charge in [-0.05, 0) is 103 Å². The number of carbonyl (C=O) groups is 1. The van der Waals surface area contributed by atoms with Crippen molar-refractivity contribution in [1.82, 2.24) is 14.6 Å². The van der Waals surface area contributed by atoms with E-state index in [0.717, 1.165) is 27.8 Å². The van der Waals surface area contributed by atoms with Crippen molar-refractivity contribution in [3.05, 3.63) is 107 Å². The molecule has 1 aromatic heterocycles. The van der Waals surface area contributed by atoms with Gasteiger partial charge in [0.25, 0.3) is 0 Å². The van der Waals surface area contributed by atoms with Crippen LogP contribution in [0.4, 0.5) is 17.1 Å². The van der Waals surface area contributed by atoms with Gasteiger partial charge in [0.05, 0.1) is 35.3 Å². The summed E-state index contributed by atoms with van der Waals surface area (Å²) in [7, 11) is 1.71. The van der Waals surface area contributed by atoms with Gasteiger partial charge in [0.2, 0.25) is 15.9 Å². The number of nitrogens with zero attached hydrogens (tertiary/aromatic N) is 4. The lowest BCUT2D eigenvalue weighted by molar-refractivity contribution is -0.120. The van der Waals surface area contributed by atoms with Crippen LogP contribution in [0.2, 0.25) is 5.02 Å². The first-order valence-electron chi connectivity index (χ1n) is 15.1. The number of hydrogen-bond acceptors (Lipinski definition) is 8. The van der Waals surface area contributed by atoms with E-state index in [1.54, 1.807) is 43.5 Å². The molecule has 0 aliphatic carbocycles. The summed E-state index contributed by atoms with van der Waals surface area (Å²) in [5.41, 5.74) is 4.84. The van der Waals surface area contributed by atoms with Gasteiger partial charge < -0.3 is 24.3 Å². The number of ether oxygens (including phenoxy) is 2. The third-order valence-electron chi connectivity index (χ3n) is 7.71. The number of azo groups is 1. The molecule has 4 aromatic carbocycles. The Kier molecular flexibility index (Phi) is 11.0. The van der Waals surface area contributed by atoms with Crippen molar-refractivity contribution in [2.75, 3.05) is 39.2 Å². The Labute approximate surface area is 285 Å². The zero-order chi connectivity index (χ0) is 34.3. The van der Waals surface area contributed by atoms with Crippen molar-refractivity contribution in [1.29, 1.82) is 0 Å². The van der Waals surface area contributed by atoms with Gasteiger partial charge >= 0.3 is 0 Å². The van der Waals surface area contributed by atoms with E-state index in [9.17, 15) is 13.2 Å². The average Bonchev–Trinajstić information content (AvgIpc) is 3.34. The third-order valence-corrected chi connectivity index (χ3v) is 9.43. The summed E-state index contributed by atoms with van der Waals surface area (Å²) in [6.07, 6.45) is 0.0893. The number of hydrogen-bond donors (Lipinski definition) is 2. The van der Waals surface area contributed by atoms with Gasteiger partial charge in [-0.25, -0.2) is 13.1 Å². The van der Waals surface area contributed by atoms with Crippen LogP contribution in [-0.2, 0) is 28.0 Å². The third kappa shape index (κ3) is 8.51. The minimum atomic E-state index is -3.80. The number of anilines is 1. The molecule has 0 saturated heterocycles. The molecule has 0 fully saturated rings. The molecule has 0 unspecified atom stereocenters. The summed E-state index contributed by atoms with van der Waals surface area (Å²) in [6.45, 7) is 2.29. The molecule has 48 heavy (non-hydrogen) atoms. The standard InChI is InChI=1S/C35H37ClN6O5S/c1-24-32(33-21-30(46-4)15-18-34(33)42(24)23-47-29-13-5-25(36)6-14-29)22-35(43)37-19-20-38-48(44,45)31-16-9-27(10-17-31)40-39-26-7-11-28(12-8-26)41(2)3/h5-18,21,38H,19-20,22-23H2,1-4H3,(H,37,43)/b40-39+. The molecule has 5 rings (SSSR count). The molecular formula is C35H37ClN6O5S. The van der Waals surface area contributed by atoms with Gasteiger partial charge in [0, 0.05) is 49.0 Å². The molecule has 0 aliphatic rings. The monoisotopic (exact) mass is 688 g/mol. The Morgan fingerprint density at radius 1 is 0.875 bits per heavy atom. The van der Waals surface area contributed by atoms with Gasteiger partial charge in [-0.2, -0.15) is 10.2 Å². The number of amides is 1. The highest BCUT2D eigenvalue weighted by Gasteiger charge is 2.19. The van der Waals surface area contributed by atoms with Crippen molar-refractivity contribution in [3.63, 3.8) is 0 Å². The highest BCUT2D eigenvalue weighted by molar-refractivity contribution is 7.89. The summed E-state index contributed by atoms with van der Waals surface area (Å²) in [6, 6.07) is 26.5. The number of benzene rings is 4. The van der Waals surface area contributed by atoms with Crippen LogP contribution in [-0.4, -0.2) is 53.2 Å². The SMILES string of the molecule is COc1ccc2c(c1)c(CC(=O)NCCNS(=O)(=O)c1ccc(/N=N/c3ccc(N(C)C)cc3)cc1)c(C)n2COc1ccc(Cl)cc1. The zero-order valence-electron chi connectivity index (χ0n) is 27.1. The predicted octanol–water partition coefficient (Wildman–Crippen LogP) is 6.77. The normalized spacial score (nSPS) is 11.6. The van der Waals surface area contributed by atoms with Crippen molar-refractivity contribution in [2.24, 2.45) is 10.2 Å². The maximum Gasteiger partial charge on any atom is 0.240 e. The van der Waals surface area contributed by atoms with E-state index < -0.39 is 10.0 Å². The molecule has 0 radical (unpaired) electrons. The molecule has 0 saturated carbocycles. The van der Waals surface area contributed by atoms with Crippen molar-refractivity contribution < 1.29 is 22.7 Å².